The van der Waals surface area contributed by atoms with Crippen molar-refractivity contribution in [2.24, 2.45) is 0 Å². The van der Waals surface area contributed by atoms with Crippen LogP contribution in [-0.2, 0) is 6.18 Å². The first-order chi connectivity index (χ1) is 8.05. The zero-order valence-electron chi connectivity index (χ0n) is 8.48. The van der Waals surface area contributed by atoms with Crippen molar-refractivity contribution < 1.29 is 13.2 Å². The van der Waals surface area contributed by atoms with Crippen molar-refractivity contribution in [1.29, 1.82) is 0 Å². The van der Waals surface area contributed by atoms with Crippen LogP contribution in [0.25, 0.3) is 0 Å². The van der Waals surface area contributed by atoms with E-state index >= 15 is 0 Å². The fourth-order valence-corrected chi connectivity index (χ4v) is 1.82. The summed E-state index contributed by atoms with van der Waals surface area (Å²) in [4.78, 5) is 8.23. The second-order valence-corrected chi connectivity index (χ2v) is 4.21. The lowest BCUT2D eigenvalue weighted by Crippen LogP contribution is -2.06. The second kappa shape index (κ2) is 4.75. The summed E-state index contributed by atoms with van der Waals surface area (Å²) in [6.07, 6.45) is -2.81. The van der Waals surface area contributed by atoms with Gasteiger partial charge in [-0.3, -0.25) is 0 Å². The Hall–Kier alpha value is -1.56. The van der Waals surface area contributed by atoms with E-state index in [2.05, 4.69) is 9.97 Å². The molecule has 0 saturated heterocycles. The highest BCUT2D eigenvalue weighted by molar-refractivity contribution is 7.99. The summed E-state index contributed by atoms with van der Waals surface area (Å²) in [5.74, 6) is 0. The molecule has 0 saturated carbocycles. The van der Waals surface area contributed by atoms with Crippen LogP contribution in [0.3, 0.4) is 0 Å². The van der Waals surface area contributed by atoms with Crippen LogP contribution in [0.2, 0.25) is 0 Å². The van der Waals surface area contributed by atoms with E-state index in [-0.39, 0.29) is 0 Å². The van der Waals surface area contributed by atoms with E-state index in [0.29, 0.717) is 5.16 Å². The minimum atomic E-state index is -4.39. The number of alkyl halides is 3. The van der Waals surface area contributed by atoms with E-state index in [0.717, 1.165) is 17.3 Å². The van der Waals surface area contributed by atoms with Crippen molar-refractivity contribution in [2.75, 3.05) is 0 Å². The Labute approximate surface area is 99.9 Å². The molecule has 0 aliphatic rings. The Morgan fingerprint density at radius 2 is 1.53 bits per heavy atom. The third kappa shape index (κ3) is 3.20. The van der Waals surface area contributed by atoms with Gasteiger partial charge in [-0.1, -0.05) is 18.2 Å². The highest BCUT2D eigenvalue weighted by Crippen LogP contribution is 2.29. The molecule has 0 radical (unpaired) electrons. The highest BCUT2D eigenvalue weighted by atomic mass is 32.2. The molecule has 2 aromatic rings. The van der Waals surface area contributed by atoms with Gasteiger partial charge in [0, 0.05) is 17.3 Å². The molecule has 17 heavy (non-hydrogen) atoms. The molecule has 0 spiro atoms. The van der Waals surface area contributed by atoms with E-state index in [1.165, 1.54) is 11.8 Å². The molecule has 0 N–H and O–H groups in total. The molecule has 0 bridgehead atoms. The summed E-state index contributed by atoms with van der Waals surface area (Å²) >= 11 is 1.22. The summed E-state index contributed by atoms with van der Waals surface area (Å²) in [5.41, 5.74) is -0.838. The van der Waals surface area contributed by atoms with Crippen LogP contribution in [0.4, 0.5) is 13.2 Å². The minimum absolute atomic E-state index is 0.296. The number of hydrogen-bond acceptors (Lipinski definition) is 3. The molecule has 0 amide bonds. The van der Waals surface area contributed by atoms with Crippen LogP contribution >= 0.6 is 11.8 Å². The zero-order valence-corrected chi connectivity index (χ0v) is 9.29. The number of benzene rings is 1. The first kappa shape index (κ1) is 11.9. The van der Waals surface area contributed by atoms with Crippen LogP contribution in [-0.4, -0.2) is 9.97 Å². The Morgan fingerprint density at radius 3 is 2.06 bits per heavy atom. The van der Waals surface area contributed by atoms with Gasteiger partial charge in [-0.25, -0.2) is 9.97 Å². The van der Waals surface area contributed by atoms with Crippen molar-refractivity contribution in [3.63, 3.8) is 0 Å². The molecule has 0 aliphatic carbocycles. The predicted molar refractivity (Wildman–Crippen MR) is 57.6 cm³/mol. The molecule has 2 nitrogen and oxygen atoms in total. The van der Waals surface area contributed by atoms with Crippen molar-refractivity contribution >= 4 is 11.8 Å². The van der Waals surface area contributed by atoms with E-state index in [1.807, 2.05) is 30.3 Å². The Balaban J connectivity index is 2.14. The number of hydrogen-bond donors (Lipinski definition) is 0. The van der Waals surface area contributed by atoms with E-state index in [1.54, 1.807) is 0 Å². The van der Waals surface area contributed by atoms with Crippen LogP contribution in [0.5, 0.6) is 0 Å². The Bertz CT molecular complexity index is 482. The number of rotatable bonds is 2. The molecule has 88 valence electrons. The fourth-order valence-electron chi connectivity index (χ4n) is 1.11. The summed E-state index contributed by atoms with van der Waals surface area (Å²) in [7, 11) is 0. The van der Waals surface area contributed by atoms with Crippen molar-refractivity contribution in [3.05, 3.63) is 48.3 Å². The lowest BCUT2D eigenvalue weighted by Gasteiger charge is -2.05. The molecule has 0 aliphatic heterocycles. The van der Waals surface area contributed by atoms with Crippen molar-refractivity contribution in [3.8, 4) is 0 Å². The van der Waals surface area contributed by atoms with E-state index in [9.17, 15) is 13.2 Å². The molecule has 1 aromatic carbocycles. The molecule has 6 heteroatoms. The van der Waals surface area contributed by atoms with Crippen molar-refractivity contribution in [1.82, 2.24) is 9.97 Å². The smallest absolute Gasteiger partial charge is 0.230 e. The van der Waals surface area contributed by atoms with E-state index < -0.39 is 11.7 Å². The number of aromatic nitrogens is 2. The standard InChI is InChI=1S/C11H7F3N2S/c12-11(13,14)8-6-15-10(16-7-8)17-9-4-2-1-3-5-9/h1-7H. The maximum absolute atomic E-state index is 12.3. The number of halogens is 3. The van der Waals surface area contributed by atoms with Gasteiger partial charge >= 0.3 is 6.18 Å². The summed E-state index contributed by atoms with van der Waals surface area (Å²) in [6, 6.07) is 9.22. The molecular weight excluding hydrogens is 249 g/mol. The quantitative estimate of drug-likeness (QED) is 0.767. The largest absolute Gasteiger partial charge is 0.419 e. The molecule has 1 heterocycles. The van der Waals surface area contributed by atoms with Crippen LogP contribution in [0.1, 0.15) is 5.56 Å². The normalized spacial score (nSPS) is 11.5. The van der Waals surface area contributed by atoms with E-state index in [4.69, 9.17) is 0 Å². The Kier molecular flexibility index (Phi) is 3.33. The summed E-state index contributed by atoms with van der Waals surface area (Å²) in [5, 5.41) is 0.296. The van der Waals surface area contributed by atoms with Gasteiger partial charge in [0.1, 0.15) is 0 Å². The van der Waals surface area contributed by atoms with Crippen LogP contribution in [0.15, 0.2) is 52.8 Å². The SMILES string of the molecule is FC(F)(F)c1cnc(Sc2ccccc2)nc1. The lowest BCUT2D eigenvalue weighted by molar-refractivity contribution is -0.138. The molecule has 1 aromatic heterocycles. The zero-order chi connectivity index (χ0) is 12.3. The topological polar surface area (TPSA) is 25.8 Å². The molecule has 2 rings (SSSR count). The van der Waals surface area contributed by atoms with Crippen molar-refractivity contribution in [2.45, 2.75) is 16.2 Å². The monoisotopic (exact) mass is 256 g/mol. The summed E-state index contributed by atoms with van der Waals surface area (Å²) in [6.45, 7) is 0. The third-order valence-corrected chi connectivity index (χ3v) is 2.81. The predicted octanol–water partition coefficient (Wildman–Crippen LogP) is 3.65. The van der Waals surface area contributed by atoms with Gasteiger partial charge in [0.05, 0.1) is 5.56 Å². The van der Waals surface area contributed by atoms with Gasteiger partial charge in [-0.2, -0.15) is 13.2 Å². The number of nitrogens with zero attached hydrogens (tertiary/aromatic N) is 2. The average Bonchev–Trinajstić information content (AvgIpc) is 2.30. The summed E-state index contributed by atoms with van der Waals surface area (Å²) < 4.78 is 36.8. The molecule has 0 fully saturated rings. The third-order valence-electron chi connectivity index (χ3n) is 1.91. The first-order valence-corrected chi connectivity index (χ1v) is 5.49. The highest BCUT2D eigenvalue weighted by Gasteiger charge is 2.31. The maximum Gasteiger partial charge on any atom is 0.419 e. The fraction of sp³-hybridized carbons (Fsp3) is 0.0909. The maximum atomic E-state index is 12.3. The van der Waals surface area contributed by atoms with Gasteiger partial charge in [-0.15, -0.1) is 0 Å². The van der Waals surface area contributed by atoms with Gasteiger partial charge in [0.25, 0.3) is 0 Å². The molecule has 0 atom stereocenters. The van der Waals surface area contributed by atoms with Gasteiger partial charge in [-0.05, 0) is 23.9 Å². The minimum Gasteiger partial charge on any atom is -0.230 e. The van der Waals surface area contributed by atoms with Crippen LogP contribution in [0, 0.1) is 0 Å². The van der Waals surface area contributed by atoms with Crippen LogP contribution < -0.4 is 0 Å². The average molecular weight is 256 g/mol. The Morgan fingerprint density at radius 1 is 0.941 bits per heavy atom. The molecular formula is C11H7F3N2S. The molecule has 0 unspecified atom stereocenters. The van der Waals surface area contributed by atoms with Gasteiger partial charge < -0.3 is 0 Å². The second-order valence-electron chi connectivity index (χ2n) is 3.17. The van der Waals surface area contributed by atoms with Gasteiger partial charge in [0.2, 0.25) is 0 Å². The van der Waals surface area contributed by atoms with Gasteiger partial charge in [0.15, 0.2) is 5.16 Å². The first-order valence-electron chi connectivity index (χ1n) is 4.68. The lowest BCUT2D eigenvalue weighted by atomic mass is 10.3.